The number of fused-ring (bicyclic) bond motifs is 1. The van der Waals surface area contributed by atoms with Crippen LogP contribution in [0.2, 0.25) is 0 Å². The Morgan fingerprint density at radius 3 is 2.83 bits per heavy atom. The van der Waals surface area contributed by atoms with Gasteiger partial charge in [-0.05, 0) is 59.8 Å². The highest BCUT2D eigenvalue weighted by molar-refractivity contribution is 14.1. The number of benzene rings is 1. The minimum absolute atomic E-state index is 0.513. The number of nitrogens with zero attached hydrogens (tertiary/aromatic N) is 2. The lowest BCUT2D eigenvalue weighted by molar-refractivity contribution is 0.620. The molecule has 0 atom stereocenters. The van der Waals surface area contributed by atoms with Gasteiger partial charge >= 0.3 is 0 Å². The number of halogens is 1. The molecule has 18 heavy (non-hydrogen) atoms. The Hall–Kier alpha value is -1.63. The predicted octanol–water partition coefficient (Wildman–Crippen LogP) is 3.39. The zero-order valence-corrected chi connectivity index (χ0v) is 11.8. The molecule has 3 rings (SSSR count). The van der Waals surface area contributed by atoms with Crippen molar-refractivity contribution in [2.24, 2.45) is 0 Å². The summed E-state index contributed by atoms with van der Waals surface area (Å²) in [4.78, 5) is 8.71. The van der Waals surface area contributed by atoms with Gasteiger partial charge < -0.3 is 10.2 Å². The molecule has 90 valence electrons. The molecule has 0 aliphatic rings. The number of hydrogen-bond acceptors (Lipinski definition) is 4. The van der Waals surface area contributed by atoms with Crippen molar-refractivity contribution in [1.82, 2.24) is 9.97 Å². The second kappa shape index (κ2) is 4.24. The van der Waals surface area contributed by atoms with Crippen LogP contribution in [0.15, 0.2) is 34.7 Å². The molecule has 0 unspecified atom stereocenters. The molecule has 0 aliphatic heterocycles. The Morgan fingerprint density at radius 2 is 2.00 bits per heavy atom. The summed E-state index contributed by atoms with van der Waals surface area (Å²) in [6.45, 7) is 1.92. The predicted molar refractivity (Wildman–Crippen MR) is 79.1 cm³/mol. The second-order valence-corrected chi connectivity index (χ2v) is 5.27. The molecular weight excluding hydrogens is 341 g/mol. The first kappa shape index (κ1) is 11.5. The van der Waals surface area contributed by atoms with E-state index in [0.29, 0.717) is 22.8 Å². The van der Waals surface area contributed by atoms with Gasteiger partial charge in [-0.2, -0.15) is 4.98 Å². The number of rotatable bonds is 1. The van der Waals surface area contributed by atoms with Gasteiger partial charge in [-0.25, -0.2) is 4.98 Å². The largest absolute Gasteiger partial charge is 0.434 e. The maximum absolute atomic E-state index is 5.95. The van der Waals surface area contributed by atoms with E-state index in [4.69, 9.17) is 10.2 Å². The zero-order valence-electron chi connectivity index (χ0n) is 9.64. The minimum Gasteiger partial charge on any atom is -0.434 e. The summed E-state index contributed by atoms with van der Waals surface area (Å²) in [5, 5.41) is 0. The standard InChI is InChI=1S/C13H10IN3O/c1-7-2-5-11-12(16-7)17-13(18-11)9-6-8(14)3-4-10(9)15/h2-6H,15H2,1H3. The van der Waals surface area contributed by atoms with Crippen LogP contribution in [0, 0.1) is 10.5 Å². The molecule has 0 amide bonds. The van der Waals surface area contributed by atoms with Crippen molar-refractivity contribution < 1.29 is 4.42 Å². The van der Waals surface area contributed by atoms with Crippen molar-refractivity contribution in [3.05, 3.63) is 39.6 Å². The van der Waals surface area contributed by atoms with Crippen molar-refractivity contribution in [1.29, 1.82) is 0 Å². The minimum atomic E-state index is 0.513. The molecule has 0 fully saturated rings. The van der Waals surface area contributed by atoms with Gasteiger partial charge in [0.05, 0.1) is 5.56 Å². The summed E-state index contributed by atoms with van der Waals surface area (Å²) in [5.41, 5.74) is 9.61. The summed E-state index contributed by atoms with van der Waals surface area (Å²) in [6, 6.07) is 9.52. The first-order valence-electron chi connectivity index (χ1n) is 5.43. The van der Waals surface area contributed by atoms with Crippen molar-refractivity contribution in [3.8, 4) is 11.5 Å². The molecule has 0 radical (unpaired) electrons. The van der Waals surface area contributed by atoms with E-state index in [1.165, 1.54) is 0 Å². The first-order valence-corrected chi connectivity index (χ1v) is 6.51. The third-order valence-electron chi connectivity index (χ3n) is 2.64. The number of hydrogen-bond donors (Lipinski definition) is 1. The van der Waals surface area contributed by atoms with Gasteiger partial charge in [-0.3, -0.25) is 0 Å². The van der Waals surface area contributed by atoms with Crippen LogP contribution in [0.3, 0.4) is 0 Å². The van der Waals surface area contributed by atoms with Crippen molar-refractivity contribution >= 4 is 39.5 Å². The number of aromatic nitrogens is 2. The van der Waals surface area contributed by atoms with Crippen LogP contribution in [0.5, 0.6) is 0 Å². The highest BCUT2D eigenvalue weighted by Gasteiger charge is 2.12. The molecule has 3 aromatic rings. The molecule has 5 heteroatoms. The Bertz CT molecular complexity index is 736. The van der Waals surface area contributed by atoms with Gasteiger partial charge in [0.1, 0.15) is 0 Å². The van der Waals surface area contributed by atoms with E-state index in [-0.39, 0.29) is 0 Å². The van der Waals surface area contributed by atoms with Crippen molar-refractivity contribution in [2.75, 3.05) is 5.73 Å². The smallest absolute Gasteiger partial charge is 0.231 e. The topological polar surface area (TPSA) is 64.9 Å². The van der Waals surface area contributed by atoms with Gasteiger partial charge in [0.15, 0.2) is 11.2 Å². The summed E-state index contributed by atoms with van der Waals surface area (Å²) >= 11 is 2.23. The van der Waals surface area contributed by atoms with E-state index >= 15 is 0 Å². The van der Waals surface area contributed by atoms with E-state index in [0.717, 1.165) is 14.8 Å². The fraction of sp³-hybridized carbons (Fsp3) is 0.0769. The Kier molecular flexibility index (Phi) is 2.70. The van der Waals surface area contributed by atoms with Crippen LogP contribution < -0.4 is 5.73 Å². The monoisotopic (exact) mass is 351 g/mol. The van der Waals surface area contributed by atoms with Gasteiger partial charge in [0.2, 0.25) is 5.89 Å². The molecule has 0 bridgehead atoms. The summed E-state index contributed by atoms with van der Waals surface area (Å²) in [7, 11) is 0. The second-order valence-electron chi connectivity index (χ2n) is 4.02. The lowest BCUT2D eigenvalue weighted by atomic mass is 10.2. The van der Waals surface area contributed by atoms with Crippen LogP contribution in [-0.4, -0.2) is 9.97 Å². The number of nitrogens with two attached hydrogens (primary N) is 1. The first-order chi connectivity index (χ1) is 8.63. The van der Waals surface area contributed by atoms with Crippen LogP contribution >= 0.6 is 22.6 Å². The van der Waals surface area contributed by atoms with E-state index in [2.05, 4.69) is 32.6 Å². The van der Waals surface area contributed by atoms with Crippen molar-refractivity contribution in [3.63, 3.8) is 0 Å². The van der Waals surface area contributed by atoms with Crippen LogP contribution in [-0.2, 0) is 0 Å². The van der Waals surface area contributed by atoms with Crippen molar-refractivity contribution in [2.45, 2.75) is 6.92 Å². The maximum Gasteiger partial charge on any atom is 0.231 e. The third kappa shape index (κ3) is 1.94. The Morgan fingerprint density at radius 1 is 1.17 bits per heavy atom. The lowest BCUT2D eigenvalue weighted by Gasteiger charge is -2.01. The van der Waals surface area contributed by atoms with Gasteiger partial charge in [-0.15, -0.1) is 0 Å². The molecule has 0 saturated heterocycles. The fourth-order valence-corrected chi connectivity index (χ4v) is 2.23. The maximum atomic E-state index is 5.95. The lowest BCUT2D eigenvalue weighted by Crippen LogP contribution is -1.90. The average Bonchev–Trinajstić information content (AvgIpc) is 2.74. The zero-order chi connectivity index (χ0) is 12.7. The Balaban J connectivity index is 2.22. The number of nitrogen functional groups attached to an aromatic ring is 1. The number of oxazole rings is 1. The molecule has 4 nitrogen and oxygen atoms in total. The molecule has 0 spiro atoms. The van der Waals surface area contributed by atoms with Crippen LogP contribution in [0.4, 0.5) is 5.69 Å². The van der Waals surface area contributed by atoms with E-state index in [9.17, 15) is 0 Å². The van der Waals surface area contributed by atoms with E-state index < -0.39 is 0 Å². The number of pyridine rings is 1. The quantitative estimate of drug-likeness (QED) is 0.539. The molecule has 0 aliphatic carbocycles. The number of aryl methyl sites for hydroxylation is 1. The molecule has 1 aromatic carbocycles. The summed E-state index contributed by atoms with van der Waals surface area (Å²) < 4.78 is 6.77. The summed E-state index contributed by atoms with van der Waals surface area (Å²) in [5.74, 6) is 0.513. The van der Waals surface area contributed by atoms with Gasteiger partial charge in [-0.1, -0.05) is 0 Å². The Labute approximate surface area is 117 Å². The summed E-state index contributed by atoms with van der Waals surface area (Å²) in [6.07, 6.45) is 0. The van der Waals surface area contributed by atoms with E-state index in [1.54, 1.807) is 0 Å². The third-order valence-corrected chi connectivity index (χ3v) is 3.31. The van der Waals surface area contributed by atoms with Gasteiger partial charge in [0.25, 0.3) is 0 Å². The van der Waals surface area contributed by atoms with E-state index in [1.807, 2.05) is 37.3 Å². The molecule has 0 saturated carbocycles. The molecule has 2 aromatic heterocycles. The molecular formula is C13H10IN3O. The highest BCUT2D eigenvalue weighted by Crippen LogP contribution is 2.29. The number of anilines is 1. The van der Waals surface area contributed by atoms with Crippen LogP contribution in [0.25, 0.3) is 22.7 Å². The molecule has 2 N–H and O–H groups in total. The SMILES string of the molecule is Cc1ccc2oc(-c3cc(I)ccc3N)nc2n1. The fourth-order valence-electron chi connectivity index (χ4n) is 1.74. The molecule has 2 heterocycles. The van der Waals surface area contributed by atoms with Gasteiger partial charge in [0, 0.05) is 15.0 Å². The normalized spacial score (nSPS) is 11.0. The average molecular weight is 351 g/mol. The van der Waals surface area contributed by atoms with Crippen LogP contribution in [0.1, 0.15) is 5.69 Å². The highest BCUT2D eigenvalue weighted by atomic mass is 127.